The second-order valence-corrected chi connectivity index (χ2v) is 11.1. The highest BCUT2D eigenvalue weighted by Crippen LogP contribution is 2.67. The number of fused-ring (bicyclic) bond motifs is 5. The molecule has 7 atom stereocenters. The van der Waals surface area contributed by atoms with Crippen molar-refractivity contribution in [2.45, 2.75) is 92.0 Å². The van der Waals surface area contributed by atoms with E-state index in [2.05, 4.69) is 52.1 Å². The van der Waals surface area contributed by atoms with Crippen molar-refractivity contribution in [3.05, 3.63) is 12.2 Å². The molecule has 0 bridgehead atoms. The molecule has 0 saturated heterocycles. The molecule has 0 aromatic heterocycles. The van der Waals surface area contributed by atoms with Gasteiger partial charge in [-0.2, -0.15) is 0 Å². The van der Waals surface area contributed by atoms with Gasteiger partial charge in [0, 0.05) is 6.04 Å². The Hall–Kier alpha value is -0.300. The first-order valence-corrected chi connectivity index (χ1v) is 11.2. The van der Waals surface area contributed by atoms with Crippen LogP contribution in [0.15, 0.2) is 12.2 Å². The van der Waals surface area contributed by atoms with E-state index in [1.807, 2.05) is 0 Å². The summed E-state index contributed by atoms with van der Waals surface area (Å²) < 4.78 is 0. The summed E-state index contributed by atoms with van der Waals surface area (Å²) >= 11 is 0. The summed E-state index contributed by atoms with van der Waals surface area (Å²) in [6.45, 7) is 13.8. The van der Waals surface area contributed by atoms with E-state index in [1.54, 1.807) is 0 Å². The quantitative estimate of drug-likeness (QED) is 0.602. The number of rotatable bonds is 3. The van der Waals surface area contributed by atoms with E-state index >= 15 is 0 Å². The maximum absolute atomic E-state index is 3.93. The summed E-state index contributed by atoms with van der Waals surface area (Å²) in [6, 6.07) is 0.784. The van der Waals surface area contributed by atoms with Crippen LogP contribution in [-0.2, 0) is 0 Å². The molecule has 25 heavy (non-hydrogen) atoms. The van der Waals surface area contributed by atoms with Crippen LogP contribution in [0.4, 0.5) is 0 Å². The topological polar surface area (TPSA) is 12.0 Å². The molecule has 0 heterocycles. The fourth-order valence-corrected chi connectivity index (χ4v) is 8.36. The van der Waals surface area contributed by atoms with Crippen molar-refractivity contribution in [3.63, 3.8) is 0 Å². The number of nitrogens with one attached hydrogen (secondary N) is 1. The van der Waals surface area contributed by atoms with Gasteiger partial charge in [-0.3, -0.25) is 0 Å². The summed E-state index contributed by atoms with van der Waals surface area (Å²) in [7, 11) is 0. The van der Waals surface area contributed by atoms with Crippen molar-refractivity contribution < 1.29 is 0 Å². The Bertz CT molecular complexity index is 534. The third-order valence-electron chi connectivity index (χ3n) is 9.51. The van der Waals surface area contributed by atoms with Crippen LogP contribution in [0.1, 0.15) is 86.0 Å². The predicted octanol–water partition coefficient (Wildman–Crippen LogP) is 6.20. The molecule has 0 aromatic carbocycles. The minimum absolute atomic E-state index is 0.402. The van der Waals surface area contributed by atoms with Crippen LogP contribution in [0, 0.1) is 39.9 Å². The van der Waals surface area contributed by atoms with Crippen molar-refractivity contribution in [2.24, 2.45) is 39.9 Å². The Balaban J connectivity index is 1.59. The lowest BCUT2D eigenvalue weighted by Gasteiger charge is -2.62. The highest BCUT2D eigenvalue weighted by atomic mass is 14.9. The van der Waals surface area contributed by atoms with E-state index in [4.69, 9.17) is 0 Å². The second-order valence-electron chi connectivity index (χ2n) is 11.1. The monoisotopic (exact) mass is 343 g/mol. The van der Waals surface area contributed by atoms with Gasteiger partial charge < -0.3 is 5.32 Å². The molecule has 3 saturated carbocycles. The standard InChI is InChI=1S/C24H41N/c1-6-16-25-21-11-9-18-17-8-10-20-22(2,3)13-7-14-23(20,4)19(17)12-15-24(18,21)5/h7,13,17-21,25H,6,8-12,14-16H2,1-5H3/t17-,18-,19-,20?,21?,23+,24-/m0/s1. The molecule has 0 aliphatic heterocycles. The molecule has 4 aliphatic carbocycles. The lowest BCUT2D eigenvalue weighted by atomic mass is 9.43. The lowest BCUT2D eigenvalue weighted by Crippen LogP contribution is -2.56. The summed E-state index contributed by atoms with van der Waals surface area (Å²) in [4.78, 5) is 0. The zero-order chi connectivity index (χ0) is 17.9. The smallest absolute Gasteiger partial charge is 0.0124 e. The molecule has 4 aliphatic rings. The summed E-state index contributed by atoms with van der Waals surface area (Å²) in [5, 5.41) is 3.93. The summed E-state index contributed by atoms with van der Waals surface area (Å²) in [5.41, 5.74) is 1.52. The summed E-state index contributed by atoms with van der Waals surface area (Å²) in [5.74, 6) is 3.84. The molecule has 1 N–H and O–H groups in total. The van der Waals surface area contributed by atoms with Crippen molar-refractivity contribution in [3.8, 4) is 0 Å². The third kappa shape index (κ3) is 2.59. The fourth-order valence-electron chi connectivity index (χ4n) is 8.36. The highest BCUT2D eigenvalue weighted by molar-refractivity contribution is 5.17. The number of hydrogen-bond donors (Lipinski definition) is 1. The van der Waals surface area contributed by atoms with Crippen molar-refractivity contribution >= 4 is 0 Å². The Kier molecular flexibility index (Phi) is 4.42. The molecule has 0 radical (unpaired) electrons. The first kappa shape index (κ1) is 18.1. The molecule has 1 heteroatoms. The van der Waals surface area contributed by atoms with Gasteiger partial charge in [0.2, 0.25) is 0 Å². The molecule has 4 rings (SSSR count). The normalized spacial score (nSPS) is 50.8. The largest absolute Gasteiger partial charge is 0.313 e. The number of hydrogen-bond acceptors (Lipinski definition) is 1. The van der Waals surface area contributed by atoms with Gasteiger partial charge in [-0.15, -0.1) is 0 Å². The Morgan fingerprint density at radius 1 is 0.920 bits per heavy atom. The van der Waals surface area contributed by atoms with Crippen LogP contribution >= 0.6 is 0 Å². The zero-order valence-corrected chi connectivity index (χ0v) is 17.4. The van der Waals surface area contributed by atoms with Crippen molar-refractivity contribution in [1.82, 2.24) is 5.32 Å². The third-order valence-corrected chi connectivity index (χ3v) is 9.51. The van der Waals surface area contributed by atoms with Gasteiger partial charge in [0.15, 0.2) is 0 Å². The first-order chi connectivity index (χ1) is 11.8. The second kappa shape index (κ2) is 6.11. The Morgan fingerprint density at radius 3 is 2.44 bits per heavy atom. The zero-order valence-electron chi connectivity index (χ0n) is 17.4. The van der Waals surface area contributed by atoms with Gasteiger partial charge in [-0.25, -0.2) is 0 Å². The van der Waals surface area contributed by atoms with Gasteiger partial charge in [-0.1, -0.05) is 46.8 Å². The SMILES string of the molecule is CCCNC1CC[C@H]2[C@@H]3CCC4C(C)(C)C=CC[C@]4(C)[C@H]3CC[C@]12C. The minimum atomic E-state index is 0.402. The van der Waals surface area contributed by atoms with Gasteiger partial charge in [-0.05, 0) is 97.8 Å². The molecule has 142 valence electrons. The van der Waals surface area contributed by atoms with E-state index in [-0.39, 0.29) is 0 Å². The van der Waals surface area contributed by atoms with E-state index in [0.717, 1.165) is 29.7 Å². The van der Waals surface area contributed by atoms with Crippen molar-refractivity contribution in [1.29, 1.82) is 0 Å². The van der Waals surface area contributed by atoms with E-state index in [0.29, 0.717) is 16.2 Å². The van der Waals surface area contributed by atoms with Crippen LogP contribution in [0.3, 0.4) is 0 Å². The van der Waals surface area contributed by atoms with Gasteiger partial charge in [0.05, 0.1) is 0 Å². The minimum Gasteiger partial charge on any atom is -0.313 e. The van der Waals surface area contributed by atoms with E-state index in [9.17, 15) is 0 Å². The van der Waals surface area contributed by atoms with Crippen molar-refractivity contribution in [2.75, 3.05) is 6.54 Å². The molecular weight excluding hydrogens is 302 g/mol. The molecule has 2 unspecified atom stereocenters. The average molecular weight is 344 g/mol. The molecule has 0 amide bonds. The Morgan fingerprint density at radius 2 is 1.68 bits per heavy atom. The lowest BCUT2D eigenvalue weighted by molar-refractivity contribution is -0.116. The van der Waals surface area contributed by atoms with Gasteiger partial charge in [0.25, 0.3) is 0 Å². The molecule has 3 fully saturated rings. The van der Waals surface area contributed by atoms with Crippen LogP contribution in [0.25, 0.3) is 0 Å². The molecule has 1 nitrogen and oxygen atoms in total. The van der Waals surface area contributed by atoms with Gasteiger partial charge >= 0.3 is 0 Å². The summed E-state index contributed by atoms with van der Waals surface area (Å²) in [6.07, 6.45) is 16.5. The predicted molar refractivity (Wildman–Crippen MR) is 107 cm³/mol. The van der Waals surface area contributed by atoms with E-state index in [1.165, 1.54) is 57.9 Å². The fraction of sp³-hybridized carbons (Fsp3) is 0.917. The van der Waals surface area contributed by atoms with Crippen LogP contribution in [0.2, 0.25) is 0 Å². The van der Waals surface area contributed by atoms with E-state index < -0.39 is 0 Å². The maximum Gasteiger partial charge on any atom is 0.0124 e. The maximum atomic E-state index is 3.93. The first-order valence-electron chi connectivity index (χ1n) is 11.2. The number of allylic oxidation sites excluding steroid dienone is 2. The van der Waals surface area contributed by atoms with Crippen LogP contribution in [-0.4, -0.2) is 12.6 Å². The molecular formula is C24H41N. The molecule has 0 spiro atoms. The van der Waals surface area contributed by atoms with Crippen LogP contribution < -0.4 is 5.32 Å². The average Bonchev–Trinajstić information content (AvgIpc) is 2.88. The van der Waals surface area contributed by atoms with Crippen LogP contribution in [0.5, 0.6) is 0 Å². The Labute approximate surface area is 156 Å². The highest BCUT2D eigenvalue weighted by Gasteiger charge is 2.61. The molecule has 0 aromatic rings. The van der Waals surface area contributed by atoms with Gasteiger partial charge in [0.1, 0.15) is 0 Å².